The summed E-state index contributed by atoms with van der Waals surface area (Å²) in [6.45, 7) is 4.08. The van der Waals surface area contributed by atoms with Gasteiger partial charge in [0.05, 0.1) is 7.11 Å². The Kier molecular flexibility index (Phi) is 6.74. The topological polar surface area (TPSA) is 78.5 Å². The van der Waals surface area contributed by atoms with Gasteiger partial charge in [0.2, 0.25) is 5.96 Å². The molecule has 3 N–H and O–H groups in total. The van der Waals surface area contributed by atoms with Crippen molar-refractivity contribution in [2.45, 2.75) is 26.3 Å². The number of nitrogens with zero attached hydrogens (tertiary/aromatic N) is 1. The van der Waals surface area contributed by atoms with Crippen LogP contribution in [0.1, 0.15) is 16.7 Å². The Balaban J connectivity index is 1.67. The van der Waals surface area contributed by atoms with E-state index in [9.17, 15) is 4.79 Å². The van der Waals surface area contributed by atoms with Gasteiger partial charge < -0.3 is 20.4 Å². The predicted octanol–water partition coefficient (Wildman–Crippen LogP) is 5.45. The molecule has 1 atom stereocenters. The molecule has 1 heterocycles. The van der Waals surface area contributed by atoms with Crippen LogP contribution >= 0.6 is 0 Å². The lowest BCUT2D eigenvalue weighted by Crippen LogP contribution is -2.30. The largest absolute Gasteiger partial charge is 0.467 e. The van der Waals surface area contributed by atoms with Crippen LogP contribution in [-0.4, -0.2) is 30.1 Å². The van der Waals surface area contributed by atoms with E-state index in [1.807, 2.05) is 92.8 Å². The van der Waals surface area contributed by atoms with Crippen LogP contribution in [0.2, 0.25) is 0 Å². The van der Waals surface area contributed by atoms with Crippen LogP contribution < -0.4 is 10.6 Å². The van der Waals surface area contributed by atoms with Crippen molar-refractivity contribution in [2.75, 3.05) is 17.7 Å². The number of esters is 1. The summed E-state index contributed by atoms with van der Waals surface area (Å²) in [5.41, 5.74) is 6.10. The van der Waals surface area contributed by atoms with Crippen molar-refractivity contribution in [2.24, 2.45) is 4.99 Å². The molecule has 168 valence electrons. The summed E-state index contributed by atoms with van der Waals surface area (Å²) in [5.74, 6) is 0.0761. The highest BCUT2D eigenvalue weighted by Crippen LogP contribution is 2.21. The predicted molar refractivity (Wildman–Crippen MR) is 135 cm³/mol. The smallest absolute Gasteiger partial charge is 0.331 e. The SMILES string of the molecule is COC(=O)C(Cc1c[nH]c2ccccc12)N=C(Nc1ccc(C)cc1)Nc1ccc(C)cc1. The third-order valence-electron chi connectivity index (χ3n) is 5.47. The van der Waals surface area contributed by atoms with Gasteiger partial charge in [-0.25, -0.2) is 9.79 Å². The molecule has 0 aliphatic rings. The van der Waals surface area contributed by atoms with Crippen molar-refractivity contribution in [1.82, 2.24) is 4.98 Å². The molecule has 0 fully saturated rings. The molecule has 3 aromatic carbocycles. The van der Waals surface area contributed by atoms with E-state index in [1.165, 1.54) is 7.11 Å². The van der Waals surface area contributed by atoms with Gasteiger partial charge in [-0.3, -0.25) is 0 Å². The van der Waals surface area contributed by atoms with Gasteiger partial charge in [-0.1, -0.05) is 53.6 Å². The fourth-order valence-corrected chi connectivity index (χ4v) is 3.63. The number of carbonyl (C=O) groups excluding carboxylic acids is 1. The van der Waals surface area contributed by atoms with Crippen molar-refractivity contribution in [3.8, 4) is 0 Å². The molecule has 1 unspecified atom stereocenters. The Morgan fingerprint density at radius 1 is 0.909 bits per heavy atom. The molecule has 0 saturated carbocycles. The highest BCUT2D eigenvalue weighted by Gasteiger charge is 2.22. The molecule has 0 radical (unpaired) electrons. The summed E-state index contributed by atoms with van der Waals surface area (Å²) in [7, 11) is 1.39. The van der Waals surface area contributed by atoms with E-state index in [2.05, 4.69) is 15.6 Å². The standard InChI is InChI=1S/C27H28N4O2/c1-18-8-12-21(13-9-18)29-27(30-22-14-10-19(2)11-15-22)31-25(26(32)33-3)16-20-17-28-24-7-5-4-6-23(20)24/h4-15,17,25,28H,16H2,1-3H3,(H2,29,30,31). The number of methoxy groups -OCH3 is 1. The lowest BCUT2D eigenvalue weighted by atomic mass is 10.1. The normalized spacial score (nSPS) is 11.6. The Morgan fingerprint density at radius 2 is 1.48 bits per heavy atom. The minimum atomic E-state index is -0.722. The zero-order valence-corrected chi connectivity index (χ0v) is 19.1. The molecule has 0 aliphatic carbocycles. The Bertz CT molecular complexity index is 1210. The lowest BCUT2D eigenvalue weighted by Gasteiger charge is -2.17. The number of aryl methyl sites for hydroxylation is 2. The molecule has 4 rings (SSSR count). The van der Waals surface area contributed by atoms with Crippen molar-refractivity contribution in [1.29, 1.82) is 0 Å². The van der Waals surface area contributed by atoms with Crippen LogP contribution in [0.5, 0.6) is 0 Å². The first-order valence-electron chi connectivity index (χ1n) is 10.9. The molecule has 0 amide bonds. The maximum atomic E-state index is 12.7. The molecule has 33 heavy (non-hydrogen) atoms. The third kappa shape index (κ3) is 5.60. The van der Waals surface area contributed by atoms with Gasteiger partial charge in [-0.2, -0.15) is 0 Å². The average Bonchev–Trinajstić information content (AvgIpc) is 3.24. The van der Waals surface area contributed by atoms with E-state index in [-0.39, 0.29) is 0 Å². The average molecular weight is 441 g/mol. The van der Waals surface area contributed by atoms with Gasteiger partial charge in [0.15, 0.2) is 6.04 Å². The Morgan fingerprint density at radius 3 is 2.06 bits per heavy atom. The summed E-state index contributed by atoms with van der Waals surface area (Å²) in [5, 5.41) is 7.71. The summed E-state index contributed by atoms with van der Waals surface area (Å²) in [6, 6.07) is 23.3. The van der Waals surface area contributed by atoms with Crippen LogP contribution in [0.15, 0.2) is 84.0 Å². The van der Waals surface area contributed by atoms with E-state index in [1.54, 1.807) is 0 Å². The fraction of sp³-hybridized carbons (Fsp3) is 0.185. The van der Waals surface area contributed by atoms with Gasteiger partial charge in [-0.15, -0.1) is 0 Å². The maximum absolute atomic E-state index is 12.7. The van der Waals surface area contributed by atoms with Gasteiger partial charge in [-0.05, 0) is 49.7 Å². The zero-order valence-electron chi connectivity index (χ0n) is 19.1. The second kappa shape index (κ2) is 10.0. The molecule has 1 aromatic heterocycles. The van der Waals surface area contributed by atoms with E-state index in [0.717, 1.165) is 39.0 Å². The second-order valence-corrected chi connectivity index (χ2v) is 8.06. The van der Waals surface area contributed by atoms with Gasteiger partial charge >= 0.3 is 5.97 Å². The number of aromatic nitrogens is 1. The van der Waals surface area contributed by atoms with Gasteiger partial charge in [0, 0.05) is 34.9 Å². The number of nitrogens with one attached hydrogen (secondary N) is 3. The fourth-order valence-electron chi connectivity index (χ4n) is 3.63. The molecule has 0 bridgehead atoms. The monoisotopic (exact) mass is 440 g/mol. The number of hydrogen-bond donors (Lipinski definition) is 3. The molecular weight excluding hydrogens is 412 g/mol. The first-order valence-corrected chi connectivity index (χ1v) is 10.9. The molecule has 6 heteroatoms. The van der Waals surface area contributed by atoms with Crippen LogP contribution in [0.3, 0.4) is 0 Å². The van der Waals surface area contributed by atoms with Gasteiger partial charge in [0.25, 0.3) is 0 Å². The van der Waals surface area contributed by atoms with Crippen molar-refractivity contribution >= 4 is 34.2 Å². The summed E-state index contributed by atoms with van der Waals surface area (Å²) < 4.78 is 5.09. The van der Waals surface area contributed by atoms with Crippen LogP contribution in [0.4, 0.5) is 11.4 Å². The first kappa shape index (κ1) is 22.1. The minimum Gasteiger partial charge on any atom is -0.467 e. The molecule has 0 spiro atoms. The second-order valence-electron chi connectivity index (χ2n) is 8.06. The number of ether oxygens (including phenoxy) is 1. The number of aliphatic imine (C=N–C) groups is 1. The van der Waals surface area contributed by atoms with E-state index < -0.39 is 12.0 Å². The van der Waals surface area contributed by atoms with Gasteiger partial charge in [0.1, 0.15) is 0 Å². The number of guanidine groups is 1. The molecule has 0 aliphatic heterocycles. The van der Waals surface area contributed by atoms with Crippen LogP contribution in [-0.2, 0) is 16.0 Å². The molecular formula is C27H28N4O2. The molecule has 0 saturated heterocycles. The summed E-state index contributed by atoms with van der Waals surface area (Å²) in [6.07, 6.45) is 2.34. The van der Waals surface area contributed by atoms with Crippen LogP contribution in [0, 0.1) is 13.8 Å². The van der Waals surface area contributed by atoms with Crippen molar-refractivity contribution < 1.29 is 9.53 Å². The van der Waals surface area contributed by atoms with Crippen molar-refractivity contribution in [3.63, 3.8) is 0 Å². The number of benzene rings is 3. The minimum absolute atomic E-state index is 0.394. The number of para-hydroxylation sites is 1. The van der Waals surface area contributed by atoms with E-state index in [4.69, 9.17) is 9.73 Å². The number of aromatic amines is 1. The Hall–Kier alpha value is -4.06. The van der Waals surface area contributed by atoms with Crippen molar-refractivity contribution in [3.05, 3.63) is 95.7 Å². The molecule has 6 nitrogen and oxygen atoms in total. The van der Waals surface area contributed by atoms with Crippen LogP contribution in [0.25, 0.3) is 10.9 Å². The summed E-state index contributed by atoms with van der Waals surface area (Å²) >= 11 is 0. The third-order valence-corrected chi connectivity index (χ3v) is 5.47. The number of carbonyl (C=O) groups is 1. The number of H-pyrrole nitrogens is 1. The number of anilines is 2. The number of hydrogen-bond acceptors (Lipinski definition) is 3. The highest BCUT2D eigenvalue weighted by molar-refractivity contribution is 6.04. The maximum Gasteiger partial charge on any atom is 0.331 e. The number of fused-ring (bicyclic) bond motifs is 1. The Labute approximate surface area is 193 Å². The van der Waals surface area contributed by atoms with E-state index in [0.29, 0.717) is 12.4 Å². The molecule has 4 aromatic rings. The summed E-state index contributed by atoms with van der Waals surface area (Å²) in [4.78, 5) is 20.7. The zero-order chi connectivity index (χ0) is 23.2. The quantitative estimate of drug-likeness (QED) is 0.212. The lowest BCUT2D eigenvalue weighted by molar-refractivity contribution is -0.142. The highest BCUT2D eigenvalue weighted by atomic mass is 16.5. The van der Waals surface area contributed by atoms with E-state index >= 15 is 0 Å². The first-order chi connectivity index (χ1) is 16.0. The number of rotatable bonds is 6.